The molecule has 0 aromatic carbocycles. The SMILES string of the molecule is BBOC(=C)C(C)(C)O. The van der Waals surface area contributed by atoms with Gasteiger partial charge in [0.2, 0.25) is 0 Å². The number of hydrogen-bond acceptors (Lipinski definition) is 2. The van der Waals surface area contributed by atoms with Crippen LogP contribution in [0.15, 0.2) is 12.3 Å². The van der Waals surface area contributed by atoms with Crippen molar-refractivity contribution in [2.24, 2.45) is 0 Å². The summed E-state index contributed by atoms with van der Waals surface area (Å²) >= 11 is 0. The van der Waals surface area contributed by atoms with Crippen LogP contribution in [-0.4, -0.2) is 25.8 Å². The van der Waals surface area contributed by atoms with E-state index in [0.717, 1.165) is 0 Å². The van der Waals surface area contributed by atoms with Crippen molar-refractivity contribution in [1.29, 1.82) is 0 Å². The Balaban J connectivity index is 3.74. The Morgan fingerprint density at radius 1 is 1.78 bits per heavy atom. The van der Waals surface area contributed by atoms with Crippen LogP contribution < -0.4 is 0 Å². The number of rotatable bonds is 3. The summed E-state index contributed by atoms with van der Waals surface area (Å²) in [6, 6.07) is 0. The Morgan fingerprint density at radius 3 is 2.33 bits per heavy atom. The van der Waals surface area contributed by atoms with Crippen LogP contribution >= 0.6 is 0 Å². The molecule has 0 radical (unpaired) electrons. The highest BCUT2D eigenvalue weighted by atomic mass is 16.4. The molecule has 0 aromatic rings. The van der Waals surface area contributed by atoms with Crippen molar-refractivity contribution in [3.05, 3.63) is 12.3 Å². The minimum absolute atomic E-state index is 0.421. The van der Waals surface area contributed by atoms with Crippen molar-refractivity contribution >= 4 is 15.1 Å². The Kier molecular flexibility index (Phi) is 2.85. The topological polar surface area (TPSA) is 29.5 Å². The third-order valence-corrected chi connectivity index (χ3v) is 1.00. The highest BCUT2D eigenvalue weighted by Crippen LogP contribution is 2.12. The average molecular weight is 126 g/mol. The van der Waals surface area contributed by atoms with Gasteiger partial charge in [-0.25, -0.2) is 0 Å². The zero-order chi connectivity index (χ0) is 7.49. The van der Waals surface area contributed by atoms with E-state index in [4.69, 9.17) is 4.65 Å². The van der Waals surface area contributed by atoms with Crippen molar-refractivity contribution in [2.45, 2.75) is 19.4 Å². The number of aliphatic hydroxyl groups is 1. The first-order valence-electron chi connectivity index (χ1n) is 3.03. The van der Waals surface area contributed by atoms with Gasteiger partial charge in [0, 0.05) is 0 Å². The molecule has 0 aliphatic carbocycles. The first-order valence-corrected chi connectivity index (χ1v) is 3.03. The normalized spacial score (nSPS) is 10.6. The third kappa shape index (κ3) is 3.25. The van der Waals surface area contributed by atoms with E-state index in [0.29, 0.717) is 13.1 Å². The lowest BCUT2D eigenvalue weighted by Gasteiger charge is -2.20. The fourth-order valence-electron chi connectivity index (χ4n) is 0.351. The molecule has 0 heterocycles. The van der Waals surface area contributed by atoms with Crippen LogP contribution in [-0.2, 0) is 4.65 Å². The molecule has 0 saturated carbocycles. The molecule has 0 bridgehead atoms. The van der Waals surface area contributed by atoms with Crippen molar-refractivity contribution < 1.29 is 9.76 Å². The summed E-state index contributed by atoms with van der Waals surface area (Å²) in [5, 5.41) is 9.19. The first-order chi connectivity index (χ1) is 3.98. The van der Waals surface area contributed by atoms with Crippen LogP contribution in [0.1, 0.15) is 13.8 Å². The zero-order valence-corrected chi connectivity index (χ0v) is 6.27. The molecule has 1 N–H and O–H groups in total. The Morgan fingerprint density at radius 2 is 2.22 bits per heavy atom. The van der Waals surface area contributed by atoms with Gasteiger partial charge < -0.3 is 9.76 Å². The maximum Gasteiger partial charge on any atom is 0.290 e. The molecule has 0 aliphatic rings. The van der Waals surface area contributed by atoms with E-state index in [-0.39, 0.29) is 0 Å². The molecule has 0 aliphatic heterocycles. The molecular formula is C5H12B2O2. The molecule has 0 spiro atoms. The molecule has 0 fully saturated rings. The second-order valence-electron chi connectivity index (χ2n) is 2.42. The summed E-state index contributed by atoms with van der Waals surface area (Å²) in [7, 11) is 2.42. The molecule has 50 valence electrons. The molecule has 0 saturated heterocycles. The average Bonchev–Trinajstić information content (AvgIpc) is 1.64. The molecule has 0 aromatic heterocycles. The van der Waals surface area contributed by atoms with E-state index in [2.05, 4.69) is 6.58 Å². The minimum Gasteiger partial charge on any atom is -0.574 e. The van der Waals surface area contributed by atoms with Gasteiger partial charge in [-0.15, -0.1) is 0 Å². The third-order valence-electron chi connectivity index (χ3n) is 1.00. The van der Waals surface area contributed by atoms with Crippen molar-refractivity contribution in [3.63, 3.8) is 0 Å². The number of hydrogen-bond donors (Lipinski definition) is 1. The van der Waals surface area contributed by atoms with Crippen molar-refractivity contribution in [1.82, 2.24) is 0 Å². The van der Waals surface area contributed by atoms with Crippen LogP contribution in [0.2, 0.25) is 0 Å². The van der Waals surface area contributed by atoms with Gasteiger partial charge in [-0.3, -0.25) is 0 Å². The van der Waals surface area contributed by atoms with E-state index < -0.39 is 5.60 Å². The van der Waals surface area contributed by atoms with Crippen molar-refractivity contribution in [3.8, 4) is 0 Å². The molecule has 0 rings (SSSR count). The lowest BCUT2D eigenvalue weighted by molar-refractivity contribution is 0.0806. The van der Waals surface area contributed by atoms with Gasteiger partial charge in [-0.2, -0.15) is 0 Å². The van der Waals surface area contributed by atoms with Crippen molar-refractivity contribution in [2.75, 3.05) is 0 Å². The smallest absolute Gasteiger partial charge is 0.290 e. The van der Waals surface area contributed by atoms with Gasteiger partial charge in [0.05, 0.1) is 5.76 Å². The second kappa shape index (κ2) is 2.97. The van der Waals surface area contributed by atoms with Gasteiger partial charge in [0.1, 0.15) is 13.3 Å². The largest absolute Gasteiger partial charge is 0.574 e. The maximum atomic E-state index is 9.19. The van der Waals surface area contributed by atoms with Crippen LogP contribution in [0.4, 0.5) is 0 Å². The Bertz CT molecular complexity index is 106. The van der Waals surface area contributed by atoms with E-state index in [1.54, 1.807) is 13.8 Å². The zero-order valence-electron chi connectivity index (χ0n) is 6.27. The first kappa shape index (κ1) is 8.63. The van der Waals surface area contributed by atoms with Gasteiger partial charge in [-0.05, 0) is 13.8 Å². The highest BCUT2D eigenvalue weighted by Gasteiger charge is 2.17. The van der Waals surface area contributed by atoms with Crippen LogP contribution in [0.5, 0.6) is 0 Å². The minimum atomic E-state index is -0.907. The fraction of sp³-hybridized carbons (Fsp3) is 0.600. The summed E-state index contributed by atoms with van der Waals surface area (Å²) in [5.74, 6) is 0.421. The predicted octanol–water partition coefficient (Wildman–Crippen LogP) is -0.813. The summed E-state index contributed by atoms with van der Waals surface area (Å²) in [5.41, 5.74) is -0.907. The van der Waals surface area contributed by atoms with E-state index >= 15 is 0 Å². The molecule has 9 heavy (non-hydrogen) atoms. The fourth-order valence-corrected chi connectivity index (χ4v) is 0.351. The van der Waals surface area contributed by atoms with Crippen LogP contribution in [0.25, 0.3) is 0 Å². The quantitative estimate of drug-likeness (QED) is 0.395. The molecule has 0 amide bonds. The van der Waals surface area contributed by atoms with Crippen LogP contribution in [0, 0.1) is 0 Å². The van der Waals surface area contributed by atoms with Crippen LogP contribution in [0.3, 0.4) is 0 Å². The molecule has 4 heteroatoms. The van der Waals surface area contributed by atoms with E-state index in [1.165, 1.54) is 0 Å². The maximum absolute atomic E-state index is 9.19. The summed E-state index contributed by atoms with van der Waals surface area (Å²) < 4.78 is 4.96. The van der Waals surface area contributed by atoms with Gasteiger partial charge in [0.15, 0.2) is 0 Å². The van der Waals surface area contributed by atoms with Gasteiger partial charge in [0.25, 0.3) is 7.37 Å². The second-order valence-corrected chi connectivity index (χ2v) is 2.42. The van der Waals surface area contributed by atoms with Gasteiger partial charge >= 0.3 is 0 Å². The molecule has 0 atom stereocenters. The van der Waals surface area contributed by atoms with Gasteiger partial charge in [-0.1, -0.05) is 6.58 Å². The molecule has 2 nitrogen and oxygen atoms in total. The van der Waals surface area contributed by atoms with E-state index in [1.807, 2.05) is 7.74 Å². The lowest BCUT2D eigenvalue weighted by Crippen LogP contribution is -2.24. The lowest BCUT2D eigenvalue weighted by atomic mass is 9.72. The monoisotopic (exact) mass is 126 g/mol. The highest BCUT2D eigenvalue weighted by molar-refractivity contribution is 6.85. The van der Waals surface area contributed by atoms with E-state index in [9.17, 15) is 5.11 Å². The summed E-state index contributed by atoms with van der Waals surface area (Å²) in [6.07, 6.45) is 0. The molecule has 0 unspecified atom stereocenters. The molecular weight excluding hydrogens is 114 g/mol. The standard InChI is InChI=1S/C5H12B2O2/c1-4(9-7-6)5(2,3)8/h7-8H,1,6H2,2-3H3. The predicted molar refractivity (Wildman–Crippen MR) is 42.2 cm³/mol. The Hall–Kier alpha value is -0.370. The summed E-state index contributed by atoms with van der Waals surface area (Å²) in [4.78, 5) is 0. The summed E-state index contributed by atoms with van der Waals surface area (Å²) in [6.45, 7) is 6.83. The Labute approximate surface area is 57.6 Å².